The van der Waals surface area contributed by atoms with Crippen molar-refractivity contribution in [3.8, 4) is 5.75 Å². The van der Waals surface area contributed by atoms with Gasteiger partial charge in [-0.15, -0.1) is 12.6 Å². The molecular formula is C18H21NOS. The molecule has 0 fully saturated rings. The van der Waals surface area contributed by atoms with E-state index in [4.69, 9.17) is 0 Å². The van der Waals surface area contributed by atoms with Gasteiger partial charge in [0.2, 0.25) is 0 Å². The number of nitrogens with zero attached hydrogens (tertiary/aromatic N) is 1. The number of phenols is 1. The Bertz CT molecular complexity index is 684. The second kappa shape index (κ2) is 5.94. The van der Waals surface area contributed by atoms with E-state index in [2.05, 4.69) is 38.4 Å². The fraction of sp³-hybridized carbons (Fsp3) is 0.278. The van der Waals surface area contributed by atoms with E-state index in [1.165, 1.54) is 0 Å². The highest BCUT2D eigenvalue weighted by Crippen LogP contribution is 2.34. The summed E-state index contributed by atoms with van der Waals surface area (Å²) in [5, 5.41) is 10.5. The quantitative estimate of drug-likeness (QED) is 0.591. The zero-order valence-corrected chi connectivity index (χ0v) is 13.8. The van der Waals surface area contributed by atoms with Crippen LogP contribution >= 0.6 is 12.6 Å². The number of para-hydroxylation sites is 1. The number of thiol groups is 1. The lowest BCUT2D eigenvalue weighted by molar-refractivity contribution is 0.445. The van der Waals surface area contributed by atoms with Gasteiger partial charge in [0, 0.05) is 22.2 Å². The van der Waals surface area contributed by atoms with Gasteiger partial charge in [0.25, 0.3) is 0 Å². The fourth-order valence-electron chi connectivity index (χ4n) is 2.19. The third-order valence-corrected chi connectivity index (χ3v) is 3.69. The fourth-order valence-corrected chi connectivity index (χ4v) is 2.41. The van der Waals surface area contributed by atoms with Crippen molar-refractivity contribution >= 4 is 24.5 Å². The summed E-state index contributed by atoms with van der Waals surface area (Å²) in [4.78, 5) is 5.26. The minimum absolute atomic E-state index is 0.111. The molecule has 0 atom stereocenters. The lowest BCUT2D eigenvalue weighted by Gasteiger charge is -2.22. The van der Waals surface area contributed by atoms with Crippen LogP contribution in [-0.4, -0.2) is 11.3 Å². The predicted octanol–water partition coefficient (Wildman–Crippen LogP) is 5.04. The van der Waals surface area contributed by atoms with E-state index in [1.807, 2.05) is 43.3 Å². The molecule has 0 heterocycles. The van der Waals surface area contributed by atoms with Crippen LogP contribution in [0.1, 0.15) is 37.5 Å². The lowest BCUT2D eigenvalue weighted by atomic mass is 9.84. The molecule has 0 bridgehead atoms. The maximum Gasteiger partial charge on any atom is 0.128 e. The molecular weight excluding hydrogens is 278 g/mol. The van der Waals surface area contributed by atoms with Crippen LogP contribution in [0.5, 0.6) is 5.75 Å². The molecule has 0 saturated carbocycles. The number of phenolic OH excluding ortho intramolecular Hbond substituents is 1. The van der Waals surface area contributed by atoms with E-state index in [0.29, 0.717) is 5.75 Å². The second-order valence-electron chi connectivity index (χ2n) is 6.25. The first-order chi connectivity index (χ1) is 9.79. The van der Waals surface area contributed by atoms with E-state index in [0.717, 1.165) is 27.3 Å². The summed E-state index contributed by atoms with van der Waals surface area (Å²) in [5.41, 5.74) is 3.46. The molecule has 0 aliphatic carbocycles. The van der Waals surface area contributed by atoms with Crippen LogP contribution in [0.25, 0.3) is 0 Å². The van der Waals surface area contributed by atoms with Gasteiger partial charge < -0.3 is 5.11 Å². The molecule has 0 radical (unpaired) electrons. The third-order valence-electron chi connectivity index (χ3n) is 3.32. The number of benzene rings is 2. The first-order valence-corrected chi connectivity index (χ1v) is 7.40. The van der Waals surface area contributed by atoms with E-state index in [-0.39, 0.29) is 5.41 Å². The Hall–Kier alpha value is -1.74. The van der Waals surface area contributed by atoms with Gasteiger partial charge in [-0.25, -0.2) is 0 Å². The van der Waals surface area contributed by atoms with Crippen molar-refractivity contribution in [2.75, 3.05) is 0 Å². The number of aliphatic imine (C=N–C) groups is 1. The molecule has 2 aromatic rings. The van der Waals surface area contributed by atoms with Crippen LogP contribution in [0.15, 0.2) is 46.3 Å². The highest BCUT2D eigenvalue weighted by molar-refractivity contribution is 7.80. The van der Waals surface area contributed by atoms with E-state index in [1.54, 1.807) is 6.21 Å². The van der Waals surface area contributed by atoms with Crippen LogP contribution in [0, 0.1) is 6.92 Å². The van der Waals surface area contributed by atoms with Crippen molar-refractivity contribution in [3.05, 3.63) is 53.1 Å². The smallest absolute Gasteiger partial charge is 0.128 e. The molecule has 2 rings (SSSR count). The molecule has 21 heavy (non-hydrogen) atoms. The number of aromatic hydroxyl groups is 1. The molecule has 0 amide bonds. The van der Waals surface area contributed by atoms with Gasteiger partial charge in [0.1, 0.15) is 5.75 Å². The number of hydrogen-bond acceptors (Lipinski definition) is 3. The van der Waals surface area contributed by atoms with Gasteiger partial charge in [-0.3, -0.25) is 4.99 Å². The topological polar surface area (TPSA) is 32.6 Å². The van der Waals surface area contributed by atoms with Gasteiger partial charge in [-0.2, -0.15) is 0 Å². The molecule has 0 aromatic heterocycles. The highest BCUT2D eigenvalue weighted by atomic mass is 32.1. The molecule has 0 spiro atoms. The first kappa shape index (κ1) is 15.6. The van der Waals surface area contributed by atoms with Gasteiger partial charge in [-0.1, -0.05) is 39.0 Å². The minimum atomic E-state index is -0.111. The molecule has 0 aliphatic heterocycles. The number of aryl methyl sites for hydroxylation is 1. The molecule has 3 heteroatoms. The minimum Gasteiger partial charge on any atom is -0.507 e. The number of hydrogen-bond donors (Lipinski definition) is 2. The van der Waals surface area contributed by atoms with Gasteiger partial charge in [0.15, 0.2) is 0 Å². The monoisotopic (exact) mass is 299 g/mol. The zero-order valence-electron chi connectivity index (χ0n) is 12.9. The summed E-state index contributed by atoms with van der Waals surface area (Å²) < 4.78 is 0. The van der Waals surface area contributed by atoms with Crippen molar-refractivity contribution < 1.29 is 5.11 Å². The summed E-state index contributed by atoms with van der Waals surface area (Å²) in [6.45, 7) is 8.29. The normalized spacial score (nSPS) is 12.0. The summed E-state index contributed by atoms with van der Waals surface area (Å²) in [6.07, 6.45) is 1.70. The van der Waals surface area contributed by atoms with Gasteiger partial charge >= 0.3 is 0 Å². The average Bonchev–Trinajstić information content (AvgIpc) is 2.39. The van der Waals surface area contributed by atoms with E-state index in [9.17, 15) is 5.11 Å². The first-order valence-electron chi connectivity index (χ1n) is 6.95. The van der Waals surface area contributed by atoms with Crippen LogP contribution in [-0.2, 0) is 5.41 Å². The Morgan fingerprint density at radius 2 is 1.81 bits per heavy atom. The Morgan fingerprint density at radius 3 is 2.43 bits per heavy atom. The molecule has 0 aliphatic rings. The van der Waals surface area contributed by atoms with Crippen molar-refractivity contribution in [2.24, 2.45) is 4.99 Å². The number of rotatable bonds is 2. The summed E-state index contributed by atoms with van der Waals surface area (Å²) in [5.74, 6) is 0.300. The predicted molar refractivity (Wildman–Crippen MR) is 92.5 cm³/mol. The summed E-state index contributed by atoms with van der Waals surface area (Å²) >= 11 is 4.38. The zero-order chi connectivity index (χ0) is 15.6. The molecule has 2 aromatic carbocycles. The lowest BCUT2D eigenvalue weighted by Crippen LogP contribution is -2.12. The highest BCUT2D eigenvalue weighted by Gasteiger charge is 2.20. The van der Waals surface area contributed by atoms with Crippen LogP contribution in [0.3, 0.4) is 0 Å². The second-order valence-corrected chi connectivity index (χ2v) is 6.73. The largest absolute Gasteiger partial charge is 0.507 e. The van der Waals surface area contributed by atoms with Crippen molar-refractivity contribution in [2.45, 2.75) is 38.0 Å². The SMILES string of the molecule is Cc1cc(/C=N/c2ccccc2S)c(O)c(C(C)(C)C)c1. The maximum atomic E-state index is 10.5. The molecule has 2 nitrogen and oxygen atoms in total. The standard InChI is InChI=1S/C18H21NOS/c1-12-9-13(17(20)14(10-12)18(2,3)4)11-19-15-7-5-6-8-16(15)21/h5-11,20-21H,1-4H3/b19-11+. The van der Waals surface area contributed by atoms with Gasteiger partial charge in [-0.05, 0) is 36.1 Å². The van der Waals surface area contributed by atoms with Crippen molar-refractivity contribution in [1.29, 1.82) is 0 Å². The maximum absolute atomic E-state index is 10.5. The molecule has 0 unspecified atom stereocenters. The molecule has 0 saturated heterocycles. The Labute approximate surface area is 132 Å². The average molecular weight is 299 g/mol. The van der Waals surface area contributed by atoms with Crippen LogP contribution in [0.4, 0.5) is 5.69 Å². The van der Waals surface area contributed by atoms with Crippen LogP contribution < -0.4 is 0 Å². The van der Waals surface area contributed by atoms with E-state index >= 15 is 0 Å². The van der Waals surface area contributed by atoms with Gasteiger partial charge in [0.05, 0.1) is 5.69 Å². The Balaban J connectivity index is 2.46. The van der Waals surface area contributed by atoms with Crippen LogP contribution in [0.2, 0.25) is 0 Å². The summed E-state index contributed by atoms with van der Waals surface area (Å²) in [6, 6.07) is 11.6. The Kier molecular flexibility index (Phi) is 4.43. The van der Waals surface area contributed by atoms with Crippen molar-refractivity contribution in [3.63, 3.8) is 0 Å². The van der Waals surface area contributed by atoms with Crippen molar-refractivity contribution in [1.82, 2.24) is 0 Å². The molecule has 110 valence electrons. The van der Waals surface area contributed by atoms with E-state index < -0.39 is 0 Å². The molecule has 1 N–H and O–H groups in total. The Morgan fingerprint density at radius 1 is 1.14 bits per heavy atom. The third kappa shape index (κ3) is 3.67. The summed E-state index contributed by atoms with van der Waals surface area (Å²) in [7, 11) is 0.